The van der Waals surface area contributed by atoms with E-state index in [9.17, 15) is 9.18 Å². The van der Waals surface area contributed by atoms with Crippen molar-refractivity contribution in [1.82, 2.24) is 4.98 Å². The number of pyridine rings is 1. The average molecular weight is 275 g/mol. The predicted octanol–water partition coefficient (Wildman–Crippen LogP) is 3.36. The Kier molecular flexibility index (Phi) is 3.88. The molecule has 0 aliphatic heterocycles. The van der Waals surface area contributed by atoms with E-state index in [4.69, 9.17) is 16.9 Å². The third-order valence-electron chi connectivity index (χ3n) is 2.63. The van der Waals surface area contributed by atoms with E-state index in [0.29, 0.717) is 5.56 Å². The number of nitrogens with zero attached hydrogens (tertiary/aromatic N) is 2. The van der Waals surface area contributed by atoms with Crippen molar-refractivity contribution in [1.29, 1.82) is 5.26 Å². The molecule has 1 aromatic heterocycles. The zero-order valence-electron chi connectivity index (χ0n) is 9.68. The topological polar surface area (TPSA) is 53.8 Å². The lowest BCUT2D eigenvalue weighted by molar-refractivity contribution is 0.0979. The molecule has 3 nitrogen and oxygen atoms in total. The van der Waals surface area contributed by atoms with E-state index in [1.54, 1.807) is 12.1 Å². The van der Waals surface area contributed by atoms with Gasteiger partial charge in [-0.15, -0.1) is 0 Å². The zero-order valence-corrected chi connectivity index (χ0v) is 10.4. The third-order valence-corrected chi connectivity index (χ3v) is 2.92. The van der Waals surface area contributed by atoms with Gasteiger partial charge in [-0.2, -0.15) is 5.26 Å². The van der Waals surface area contributed by atoms with E-state index in [1.165, 1.54) is 24.5 Å². The Morgan fingerprint density at radius 3 is 2.58 bits per heavy atom. The van der Waals surface area contributed by atoms with Crippen molar-refractivity contribution in [2.24, 2.45) is 0 Å². The number of hydrogen-bond donors (Lipinski definition) is 0. The van der Waals surface area contributed by atoms with Gasteiger partial charge in [0.25, 0.3) is 0 Å². The smallest absolute Gasteiger partial charge is 0.184 e. The molecule has 5 heteroatoms. The van der Waals surface area contributed by atoms with E-state index in [1.807, 2.05) is 6.07 Å². The summed E-state index contributed by atoms with van der Waals surface area (Å²) in [5, 5.41) is 9.00. The molecule has 19 heavy (non-hydrogen) atoms. The lowest BCUT2D eigenvalue weighted by Crippen LogP contribution is -2.11. The first-order valence-electron chi connectivity index (χ1n) is 5.42. The molecule has 0 saturated carbocycles. The van der Waals surface area contributed by atoms with Gasteiger partial charge in [-0.05, 0) is 35.9 Å². The summed E-state index contributed by atoms with van der Waals surface area (Å²) in [6.45, 7) is 0. The minimum Gasteiger partial charge on any atom is -0.292 e. The average Bonchev–Trinajstić information content (AvgIpc) is 2.44. The van der Waals surface area contributed by atoms with Crippen LogP contribution >= 0.6 is 11.6 Å². The van der Waals surface area contributed by atoms with Crippen LogP contribution in [-0.2, 0) is 0 Å². The second kappa shape index (κ2) is 5.59. The van der Waals surface area contributed by atoms with Crippen LogP contribution in [0, 0.1) is 17.1 Å². The van der Waals surface area contributed by atoms with Gasteiger partial charge in [0.15, 0.2) is 5.78 Å². The minimum absolute atomic E-state index is 0.141. The number of nitriles is 1. The highest BCUT2D eigenvalue weighted by atomic mass is 35.5. The summed E-state index contributed by atoms with van der Waals surface area (Å²) in [5.74, 6) is -1.98. The summed E-state index contributed by atoms with van der Waals surface area (Å²) in [5.41, 5.74) is 0.748. The van der Waals surface area contributed by atoms with Crippen LogP contribution in [0.2, 0.25) is 5.02 Å². The van der Waals surface area contributed by atoms with Gasteiger partial charge in [0.1, 0.15) is 11.7 Å². The van der Waals surface area contributed by atoms with Gasteiger partial charge in [-0.3, -0.25) is 9.78 Å². The number of rotatable bonds is 3. The molecule has 0 radical (unpaired) electrons. The number of benzene rings is 1. The number of carbonyl (C=O) groups is 1. The lowest BCUT2D eigenvalue weighted by Gasteiger charge is -2.08. The van der Waals surface area contributed by atoms with Crippen molar-refractivity contribution in [3.05, 3.63) is 64.7 Å². The molecule has 0 fully saturated rings. The summed E-state index contributed by atoms with van der Waals surface area (Å²) in [4.78, 5) is 16.0. The van der Waals surface area contributed by atoms with Gasteiger partial charge in [0.2, 0.25) is 0 Å². The molecule has 1 aromatic carbocycles. The quantitative estimate of drug-likeness (QED) is 0.807. The highest BCUT2D eigenvalue weighted by molar-refractivity contribution is 6.31. The summed E-state index contributed by atoms with van der Waals surface area (Å²) in [6.07, 6.45) is 3.01. The molecule has 0 spiro atoms. The van der Waals surface area contributed by atoms with Gasteiger partial charge >= 0.3 is 0 Å². The van der Waals surface area contributed by atoms with Crippen LogP contribution in [0.3, 0.4) is 0 Å². The van der Waals surface area contributed by atoms with Crippen LogP contribution in [0.25, 0.3) is 0 Å². The van der Waals surface area contributed by atoms with Crippen LogP contribution in [-0.4, -0.2) is 10.8 Å². The highest BCUT2D eigenvalue weighted by Gasteiger charge is 2.22. The second-order valence-corrected chi connectivity index (χ2v) is 4.24. The summed E-state index contributed by atoms with van der Waals surface area (Å²) in [7, 11) is 0. The summed E-state index contributed by atoms with van der Waals surface area (Å²) in [6, 6.07) is 8.77. The number of carbonyl (C=O) groups excluding carboxylic acids is 1. The predicted molar refractivity (Wildman–Crippen MR) is 68.3 cm³/mol. The molecule has 0 amide bonds. The molecule has 0 bridgehead atoms. The van der Waals surface area contributed by atoms with Crippen LogP contribution < -0.4 is 0 Å². The fourth-order valence-corrected chi connectivity index (χ4v) is 1.84. The third kappa shape index (κ3) is 2.78. The van der Waals surface area contributed by atoms with Crippen molar-refractivity contribution < 1.29 is 9.18 Å². The first kappa shape index (κ1) is 13.2. The monoisotopic (exact) mass is 274 g/mol. The molecule has 94 valence electrons. The van der Waals surface area contributed by atoms with Crippen LogP contribution in [0.4, 0.5) is 4.39 Å². The van der Waals surface area contributed by atoms with E-state index >= 15 is 0 Å². The number of aromatic nitrogens is 1. The van der Waals surface area contributed by atoms with Crippen LogP contribution in [0.15, 0.2) is 42.7 Å². The maximum absolute atomic E-state index is 13.1. The van der Waals surface area contributed by atoms with E-state index < -0.39 is 17.5 Å². The Hall–Kier alpha value is -2.25. The highest BCUT2D eigenvalue weighted by Crippen LogP contribution is 2.23. The standard InChI is InChI=1S/C14H8ClFN2O/c15-12-7-10(1-2-13(12)16)14(19)11(8-17)9-3-5-18-6-4-9/h1-7,11H. The normalized spacial score (nSPS) is 11.6. The maximum Gasteiger partial charge on any atom is 0.184 e. The largest absolute Gasteiger partial charge is 0.292 e. The lowest BCUT2D eigenvalue weighted by atomic mass is 9.92. The molecule has 1 heterocycles. The Bertz CT molecular complexity index is 652. The van der Waals surface area contributed by atoms with Crippen LogP contribution in [0.5, 0.6) is 0 Å². The van der Waals surface area contributed by atoms with Gasteiger partial charge in [0, 0.05) is 18.0 Å². The summed E-state index contributed by atoms with van der Waals surface area (Å²) >= 11 is 5.63. The Balaban J connectivity index is 2.37. The number of Topliss-reactive ketones (excluding diaryl/α,β-unsaturated/α-hetero) is 1. The van der Waals surface area contributed by atoms with E-state index in [0.717, 1.165) is 6.07 Å². The summed E-state index contributed by atoms with van der Waals surface area (Å²) < 4.78 is 13.1. The van der Waals surface area contributed by atoms with Gasteiger partial charge in [0.05, 0.1) is 11.1 Å². The van der Waals surface area contributed by atoms with Gasteiger partial charge in [-0.1, -0.05) is 11.6 Å². The van der Waals surface area contributed by atoms with Crippen molar-refractivity contribution in [2.75, 3.05) is 0 Å². The zero-order chi connectivity index (χ0) is 13.8. The van der Waals surface area contributed by atoms with Crippen LogP contribution in [0.1, 0.15) is 21.8 Å². The maximum atomic E-state index is 13.1. The number of halogens is 2. The molecule has 1 atom stereocenters. The number of ketones is 1. The Labute approximate surface area is 114 Å². The molecular formula is C14H8ClFN2O. The molecule has 0 N–H and O–H groups in total. The van der Waals surface area contributed by atoms with Crippen molar-refractivity contribution in [3.63, 3.8) is 0 Å². The van der Waals surface area contributed by atoms with E-state index in [2.05, 4.69) is 4.98 Å². The minimum atomic E-state index is -0.954. The van der Waals surface area contributed by atoms with E-state index in [-0.39, 0.29) is 10.6 Å². The van der Waals surface area contributed by atoms with Gasteiger partial charge < -0.3 is 0 Å². The Morgan fingerprint density at radius 2 is 2.00 bits per heavy atom. The fraction of sp³-hybridized carbons (Fsp3) is 0.0714. The molecule has 0 saturated heterocycles. The fourth-order valence-electron chi connectivity index (χ4n) is 1.66. The second-order valence-electron chi connectivity index (χ2n) is 3.84. The molecule has 1 unspecified atom stereocenters. The first-order chi connectivity index (χ1) is 9.13. The van der Waals surface area contributed by atoms with Crippen molar-refractivity contribution >= 4 is 17.4 Å². The van der Waals surface area contributed by atoms with Crippen molar-refractivity contribution in [3.8, 4) is 6.07 Å². The molecule has 2 rings (SSSR count). The number of hydrogen-bond acceptors (Lipinski definition) is 3. The van der Waals surface area contributed by atoms with Gasteiger partial charge in [-0.25, -0.2) is 4.39 Å². The molecule has 0 aliphatic rings. The SMILES string of the molecule is N#CC(C(=O)c1ccc(F)c(Cl)c1)c1ccncc1. The molecular weight excluding hydrogens is 267 g/mol. The molecule has 0 aliphatic carbocycles. The first-order valence-corrected chi connectivity index (χ1v) is 5.80. The Morgan fingerprint density at radius 1 is 1.32 bits per heavy atom. The van der Waals surface area contributed by atoms with Crippen molar-refractivity contribution in [2.45, 2.75) is 5.92 Å². The molecule has 2 aromatic rings.